The van der Waals surface area contributed by atoms with Crippen LogP contribution in [0, 0.1) is 6.92 Å². The van der Waals surface area contributed by atoms with Crippen LogP contribution in [0.4, 0.5) is 0 Å². The van der Waals surface area contributed by atoms with Crippen LogP contribution in [0.3, 0.4) is 0 Å². The second kappa shape index (κ2) is 4.11. The zero-order valence-electron chi connectivity index (χ0n) is 9.92. The molecule has 0 radical (unpaired) electrons. The van der Waals surface area contributed by atoms with E-state index in [9.17, 15) is 0 Å². The molecule has 3 heteroatoms. The summed E-state index contributed by atoms with van der Waals surface area (Å²) in [4.78, 5) is 0. The molecule has 0 aliphatic heterocycles. The van der Waals surface area contributed by atoms with E-state index in [-0.39, 0.29) is 6.04 Å². The maximum atomic E-state index is 6.02. The normalized spacial score (nSPS) is 13.3. The summed E-state index contributed by atoms with van der Waals surface area (Å²) >= 11 is 6.02. The van der Waals surface area contributed by atoms with Gasteiger partial charge >= 0.3 is 0 Å². The number of halogens is 1. The zero-order chi connectivity index (χ0) is 11.9. The SMILES string of the molecule is Cc1c(CC(C)N)c2ccc(Cl)cc2n1C. The minimum atomic E-state index is 0.181. The number of benzene rings is 1. The first-order chi connectivity index (χ1) is 7.50. The number of rotatable bonds is 2. The summed E-state index contributed by atoms with van der Waals surface area (Å²) in [6.45, 7) is 4.17. The molecule has 1 unspecified atom stereocenters. The zero-order valence-corrected chi connectivity index (χ0v) is 10.7. The van der Waals surface area contributed by atoms with Crippen molar-refractivity contribution in [2.24, 2.45) is 12.8 Å². The highest BCUT2D eigenvalue weighted by molar-refractivity contribution is 6.31. The van der Waals surface area contributed by atoms with Crippen molar-refractivity contribution >= 4 is 22.5 Å². The van der Waals surface area contributed by atoms with E-state index in [1.165, 1.54) is 22.2 Å². The van der Waals surface area contributed by atoms with Crippen molar-refractivity contribution in [1.29, 1.82) is 0 Å². The predicted octanol–water partition coefficient (Wildman–Crippen LogP) is 3.03. The average Bonchev–Trinajstić information content (AvgIpc) is 2.43. The largest absolute Gasteiger partial charge is 0.348 e. The first-order valence-electron chi connectivity index (χ1n) is 5.49. The molecule has 0 aliphatic carbocycles. The van der Waals surface area contributed by atoms with E-state index in [1.807, 2.05) is 19.1 Å². The van der Waals surface area contributed by atoms with Crippen molar-refractivity contribution < 1.29 is 0 Å². The molecular formula is C13H17ClN2. The van der Waals surface area contributed by atoms with Crippen LogP contribution in [-0.2, 0) is 13.5 Å². The molecule has 2 aromatic rings. The van der Waals surface area contributed by atoms with Crippen LogP contribution >= 0.6 is 11.6 Å². The predicted molar refractivity (Wildman–Crippen MR) is 70.0 cm³/mol. The molecule has 1 heterocycles. The molecule has 2 N–H and O–H groups in total. The van der Waals surface area contributed by atoms with Gasteiger partial charge in [0.15, 0.2) is 0 Å². The third kappa shape index (κ3) is 1.83. The molecule has 0 fully saturated rings. The lowest BCUT2D eigenvalue weighted by molar-refractivity contribution is 0.732. The van der Waals surface area contributed by atoms with E-state index in [4.69, 9.17) is 17.3 Å². The van der Waals surface area contributed by atoms with Crippen molar-refractivity contribution in [1.82, 2.24) is 4.57 Å². The van der Waals surface area contributed by atoms with Gasteiger partial charge in [-0.05, 0) is 38.0 Å². The molecule has 0 amide bonds. The summed E-state index contributed by atoms with van der Waals surface area (Å²) < 4.78 is 2.18. The Kier molecular flexibility index (Phi) is 2.96. The Balaban J connectivity index is 2.69. The van der Waals surface area contributed by atoms with Gasteiger partial charge in [-0.2, -0.15) is 0 Å². The summed E-state index contributed by atoms with van der Waals surface area (Å²) in [6, 6.07) is 6.21. The van der Waals surface area contributed by atoms with E-state index >= 15 is 0 Å². The summed E-state index contributed by atoms with van der Waals surface area (Å²) in [7, 11) is 2.07. The molecule has 1 aromatic carbocycles. The smallest absolute Gasteiger partial charge is 0.0497 e. The van der Waals surface area contributed by atoms with Crippen LogP contribution in [0.15, 0.2) is 18.2 Å². The van der Waals surface area contributed by atoms with E-state index in [2.05, 4.69) is 24.6 Å². The third-order valence-electron chi connectivity index (χ3n) is 3.11. The fourth-order valence-electron chi connectivity index (χ4n) is 2.20. The molecule has 2 rings (SSSR count). The second-order valence-corrected chi connectivity index (χ2v) is 4.90. The summed E-state index contributed by atoms with van der Waals surface area (Å²) in [5.41, 5.74) is 9.68. The van der Waals surface area contributed by atoms with Gasteiger partial charge < -0.3 is 10.3 Å². The molecule has 0 saturated carbocycles. The number of aryl methyl sites for hydroxylation is 1. The van der Waals surface area contributed by atoms with E-state index in [1.54, 1.807) is 0 Å². The molecule has 1 atom stereocenters. The lowest BCUT2D eigenvalue weighted by Gasteiger charge is -2.05. The highest BCUT2D eigenvalue weighted by Crippen LogP contribution is 2.28. The number of aromatic nitrogens is 1. The van der Waals surface area contributed by atoms with Gasteiger partial charge in [0.25, 0.3) is 0 Å². The number of nitrogens with two attached hydrogens (primary N) is 1. The van der Waals surface area contributed by atoms with Gasteiger partial charge in [0.05, 0.1) is 0 Å². The Labute approximate surface area is 101 Å². The standard InChI is InChI=1S/C13H17ClN2/c1-8(15)6-12-9(2)16(3)13-7-10(14)4-5-11(12)13/h4-5,7-8H,6,15H2,1-3H3. The lowest BCUT2D eigenvalue weighted by Crippen LogP contribution is -2.18. The van der Waals surface area contributed by atoms with Crippen LogP contribution in [0.25, 0.3) is 10.9 Å². The average molecular weight is 237 g/mol. The van der Waals surface area contributed by atoms with Gasteiger partial charge in [0, 0.05) is 34.7 Å². The molecule has 0 bridgehead atoms. The summed E-state index contributed by atoms with van der Waals surface area (Å²) in [5, 5.41) is 2.04. The Hall–Kier alpha value is -0.990. The maximum Gasteiger partial charge on any atom is 0.0497 e. The van der Waals surface area contributed by atoms with E-state index in [0.29, 0.717) is 0 Å². The van der Waals surface area contributed by atoms with E-state index < -0.39 is 0 Å². The molecule has 0 aliphatic rings. The van der Waals surface area contributed by atoms with Gasteiger partial charge in [-0.3, -0.25) is 0 Å². The summed E-state index contributed by atoms with van der Waals surface area (Å²) in [6.07, 6.45) is 0.908. The quantitative estimate of drug-likeness (QED) is 0.854. The minimum Gasteiger partial charge on any atom is -0.348 e. The Morgan fingerprint density at radius 2 is 2.12 bits per heavy atom. The molecule has 2 nitrogen and oxygen atoms in total. The Morgan fingerprint density at radius 3 is 2.75 bits per heavy atom. The van der Waals surface area contributed by atoms with Crippen LogP contribution in [0.5, 0.6) is 0 Å². The first-order valence-corrected chi connectivity index (χ1v) is 5.87. The van der Waals surface area contributed by atoms with Gasteiger partial charge in [0.2, 0.25) is 0 Å². The highest BCUT2D eigenvalue weighted by atomic mass is 35.5. The number of nitrogens with zero attached hydrogens (tertiary/aromatic N) is 1. The summed E-state index contributed by atoms with van der Waals surface area (Å²) in [5.74, 6) is 0. The van der Waals surface area contributed by atoms with Crippen molar-refractivity contribution in [2.75, 3.05) is 0 Å². The topological polar surface area (TPSA) is 30.9 Å². The molecule has 1 aromatic heterocycles. The highest BCUT2D eigenvalue weighted by Gasteiger charge is 2.13. The number of fused-ring (bicyclic) bond motifs is 1. The van der Waals surface area contributed by atoms with Crippen molar-refractivity contribution in [3.63, 3.8) is 0 Å². The van der Waals surface area contributed by atoms with Crippen molar-refractivity contribution in [2.45, 2.75) is 26.3 Å². The van der Waals surface area contributed by atoms with Crippen LogP contribution in [0.2, 0.25) is 5.02 Å². The Bertz CT molecular complexity index is 526. The maximum absolute atomic E-state index is 6.02. The second-order valence-electron chi connectivity index (χ2n) is 4.47. The fraction of sp³-hybridized carbons (Fsp3) is 0.385. The van der Waals surface area contributed by atoms with Gasteiger partial charge in [-0.15, -0.1) is 0 Å². The lowest BCUT2D eigenvalue weighted by atomic mass is 10.0. The van der Waals surface area contributed by atoms with Crippen molar-refractivity contribution in [3.8, 4) is 0 Å². The minimum absolute atomic E-state index is 0.181. The fourth-order valence-corrected chi connectivity index (χ4v) is 2.36. The van der Waals surface area contributed by atoms with Crippen LogP contribution in [0.1, 0.15) is 18.2 Å². The number of hydrogen-bond donors (Lipinski definition) is 1. The molecule has 86 valence electrons. The van der Waals surface area contributed by atoms with Crippen molar-refractivity contribution in [3.05, 3.63) is 34.5 Å². The third-order valence-corrected chi connectivity index (χ3v) is 3.35. The molecule has 0 spiro atoms. The number of hydrogen-bond acceptors (Lipinski definition) is 1. The Morgan fingerprint density at radius 1 is 1.44 bits per heavy atom. The first kappa shape index (κ1) is 11.5. The van der Waals surface area contributed by atoms with Crippen LogP contribution < -0.4 is 5.73 Å². The monoisotopic (exact) mass is 236 g/mol. The van der Waals surface area contributed by atoms with Gasteiger partial charge in [-0.25, -0.2) is 0 Å². The van der Waals surface area contributed by atoms with E-state index in [0.717, 1.165) is 11.4 Å². The van der Waals surface area contributed by atoms with Crippen LogP contribution in [-0.4, -0.2) is 10.6 Å². The van der Waals surface area contributed by atoms with Gasteiger partial charge in [0.1, 0.15) is 0 Å². The van der Waals surface area contributed by atoms with Gasteiger partial charge in [-0.1, -0.05) is 17.7 Å². The molecule has 16 heavy (non-hydrogen) atoms. The molecular weight excluding hydrogens is 220 g/mol. The molecule has 0 saturated heterocycles.